The van der Waals surface area contributed by atoms with Gasteiger partial charge in [0.15, 0.2) is 16.6 Å². The zero-order valence-electron chi connectivity index (χ0n) is 21.0. The van der Waals surface area contributed by atoms with E-state index in [-0.39, 0.29) is 11.1 Å². The normalized spacial score (nSPS) is 16.8. The second-order valence-corrected chi connectivity index (χ2v) is 9.91. The highest BCUT2D eigenvalue weighted by molar-refractivity contribution is 7.22. The van der Waals surface area contributed by atoms with Crippen LogP contribution in [0.15, 0.2) is 66.2 Å². The molecule has 4 aromatic rings. The maximum Gasteiger partial charge on any atom is 0.301 e. The molecule has 0 bridgehead atoms. The number of carbonyl (C=O) groups excluding carboxylic acids is 2. The summed E-state index contributed by atoms with van der Waals surface area (Å²) in [6, 6.07) is 14.9. The summed E-state index contributed by atoms with van der Waals surface area (Å²) in [6.45, 7) is 4.44. The van der Waals surface area contributed by atoms with Gasteiger partial charge in [-0.25, -0.2) is 9.37 Å². The Kier molecular flexibility index (Phi) is 6.86. The summed E-state index contributed by atoms with van der Waals surface area (Å²) < 4.78 is 25.8. The van der Waals surface area contributed by atoms with Crippen LogP contribution in [-0.4, -0.2) is 35.5 Å². The van der Waals surface area contributed by atoms with E-state index in [4.69, 9.17) is 9.47 Å². The van der Waals surface area contributed by atoms with Crippen LogP contribution in [0.4, 0.5) is 9.52 Å². The zero-order valence-corrected chi connectivity index (χ0v) is 21.8. The highest BCUT2D eigenvalue weighted by atomic mass is 32.1. The van der Waals surface area contributed by atoms with Crippen molar-refractivity contribution in [2.75, 3.05) is 18.6 Å². The molecule has 1 amide bonds. The minimum atomic E-state index is -1.00. The lowest BCUT2D eigenvalue weighted by atomic mass is 9.95. The van der Waals surface area contributed by atoms with Crippen LogP contribution in [0.25, 0.3) is 16.0 Å². The molecule has 0 spiro atoms. The van der Waals surface area contributed by atoms with Gasteiger partial charge >= 0.3 is 5.91 Å². The fourth-order valence-electron chi connectivity index (χ4n) is 4.42. The van der Waals surface area contributed by atoms with Crippen molar-refractivity contribution < 1.29 is 28.6 Å². The molecule has 194 valence electrons. The second kappa shape index (κ2) is 10.3. The molecule has 1 atom stereocenters. The summed E-state index contributed by atoms with van der Waals surface area (Å²) in [4.78, 5) is 32.8. The standard InChI is InChI=1S/C29H25FN2O5S/c1-4-13-37-21-12-8-18(15-22(21)36-3)25-24(26(33)17-6-9-19(30)10-7-17)27(34)28(35)32(25)29-31-20-11-5-16(2)14-23(20)38-29/h5-12,14-15,25,33H,4,13H2,1-3H3. The van der Waals surface area contributed by atoms with E-state index in [0.29, 0.717) is 34.3 Å². The minimum absolute atomic E-state index is 0.124. The average Bonchev–Trinajstić information content (AvgIpc) is 3.44. The molecule has 2 heterocycles. The number of aryl methyl sites for hydroxylation is 1. The number of anilines is 1. The molecule has 0 radical (unpaired) electrons. The molecule has 1 unspecified atom stereocenters. The molecule has 38 heavy (non-hydrogen) atoms. The monoisotopic (exact) mass is 532 g/mol. The Labute approximate surface area is 222 Å². The van der Waals surface area contributed by atoms with Crippen LogP contribution in [0.1, 0.15) is 36.1 Å². The quantitative estimate of drug-likeness (QED) is 0.174. The van der Waals surface area contributed by atoms with Gasteiger partial charge in [0.25, 0.3) is 5.78 Å². The van der Waals surface area contributed by atoms with Gasteiger partial charge in [-0.15, -0.1) is 0 Å². The van der Waals surface area contributed by atoms with E-state index in [1.165, 1.54) is 47.6 Å². The molecule has 9 heteroatoms. The van der Waals surface area contributed by atoms with Crippen LogP contribution in [0, 0.1) is 12.7 Å². The minimum Gasteiger partial charge on any atom is -0.507 e. The first kappa shape index (κ1) is 25.4. The lowest BCUT2D eigenvalue weighted by Gasteiger charge is -2.24. The third-order valence-electron chi connectivity index (χ3n) is 6.27. The number of halogens is 1. The number of Topliss-reactive ketones (excluding diaryl/α,β-unsaturated/α-hetero) is 1. The van der Waals surface area contributed by atoms with E-state index in [9.17, 15) is 19.1 Å². The molecule has 1 aromatic heterocycles. The Morgan fingerprint density at radius 1 is 1.08 bits per heavy atom. The molecule has 1 fully saturated rings. The fourth-order valence-corrected chi connectivity index (χ4v) is 5.51. The number of hydrogen-bond donors (Lipinski definition) is 1. The number of thiazole rings is 1. The number of hydrogen-bond acceptors (Lipinski definition) is 7. The third kappa shape index (κ3) is 4.50. The molecule has 1 saturated heterocycles. The summed E-state index contributed by atoms with van der Waals surface area (Å²) in [6.07, 6.45) is 0.805. The van der Waals surface area contributed by atoms with Gasteiger partial charge in [-0.2, -0.15) is 0 Å². The number of aliphatic hydroxyl groups is 1. The highest BCUT2D eigenvalue weighted by Crippen LogP contribution is 2.46. The number of carbonyl (C=O) groups is 2. The van der Waals surface area contributed by atoms with Crippen molar-refractivity contribution in [3.05, 3.63) is 88.7 Å². The van der Waals surface area contributed by atoms with Crippen molar-refractivity contribution in [3.63, 3.8) is 0 Å². The lowest BCUT2D eigenvalue weighted by molar-refractivity contribution is -0.132. The maximum atomic E-state index is 13.6. The van der Waals surface area contributed by atoms with Gasteiger partial charge < -0.3 is 14.6 Å². The Bertz CT molecular complexity index is 1580. The predicted molar refractivity (Wildman–Crippen MR) is 144 cm³/mol. The van der Waals surface area contributed by atoms with E-state index in [0.717, 1.165) is 16.7 Å². The van der Waals surface area contributed by atoms with E-state index >= 15 is 0 Å². The van der Waals surface area contributed by atoms with Crippen molar-refractivity contribution in [1.29, 1.82) is 0 Å². The molecular weight excluding hydrogens is 507 g/mol. The van der Waals surface area contributed by atoms with Gasteiger partial charge in [-0.1, -0.05) is 30.4 Å². The Hall–Kier alpha value is -4.24. The summed E-state index contributed by atoms with van der Waals surface area (Å²) in [5, 5.41) is 11.6. The van der Waals surface area contributed by atoms with Crippen molar-refractivity contribution in [2.45, 2.75) is 26.3 Å². The summed E-state index contributed by atoms with van der Waals surface area (Å²) in [7, 11) is 1.50. The largest absolute Gasteiger partial charge is 0.507 e. The number of rotatable bonds is 7. The predicted octanol–water partition coefficient (Wildman–Crippen LogP) is 6.17. The van der Waals surface area contributed by atoms with Crippen LogP contribution in [0.5, 0.6) is 11.5 Å². The molecule has 1 N–H and O–H groups in total. The number of ketones is 1. The van der Waals surface area contributed by atoms with Crippen molar-refractivity contribution >= 4 is 44.1 Å². The number of ether oxygens (including phenoxy) is 2. The molecule has 0 saturated carbocycles. The number of benzene rings is 3. The molecule has 5 rings (SSSR count). The van der Waals surface area contributed by atoms with Crippen molar-refractivity contribution in [1.82, 2.24) is 4.98 Å². The number of aromatic nitrogens is 1. The molecular formula is C29H25FN2O5S. The van der Waals surface area contributed by atoms with E-state index < -0.39 is 29.3 Å². The van der Waals surface area contributed by atoms with E-state index in [1.807, 2.05) is 32.0 Å². The van der Waals surface area contributed by atoms with Crippen molar-refractivity contribution in [3.8, 4) is 11.5 Å². The van der Waals surface area contributed by atoms with Crippen LogP contribution in [0.3, 0.4) is 0 Å². The van der Waals surface area contributed by atoms with Gasteiger partial charge in [0, 0.05) is 5.56 Å². The number of aliphatic hydroxyl groups excluding tert-OH is 1. The molecule has 0 aliphatic carbocycles. The van der Waals surface area contributed by atoms with Gasteiger partial charge in [0.1, 0.15) is 11.6 Å². The SMILES string of the molecule is CCCOc1ccc(C2C(=C(O)c3ccc(F)cc3)C(=O)C(=O)N2c2nc3ccc(C)cc3s2)cc1OC. The van der Waals surface area contributed by atoms with Gasteiger partial charge in [-0.3, -0.25) is 14.5 Å². The van der Waals surface area contributed by atoms with Crippen LogP contribution in [-0.2, 0) is 9.59 Å². The highest BCUT2D eigenvalue weighted by Gasteiger charge is 2.48. The average molecular weight is 533 g/mol. The Morgan fingerprint density at radius 2 is 1.84 bits per heavy atom. The second-order valence-electron chi connectivity index (χ2n) is 8.90. The number of amides is 1. The topological polar surface area (TPSA) is 89.0 Å². The van der Waals surface area contributed by atoms with Crippen LogP contribution < -0.4 is 14.4 Å². The molecule has 1 aliphatic rings. The first-order valence-electron chi connectivity index (χ1n) is 12.1. The first-order chi connectivity index (χ1) is 18.3. The first-order valence-corrected chi connectivity index (χ1v) is 12.9. The maximum absolute atomic E-state index is 13.6. The van der Waals surface area contributed by atoms with Gasteiger partial charge in [-0.05, 0) is 73.0 Å². The summed E-state index contributed by atoms with van der Waals surface area (Å²) in [5.41, 5.74) is 2.33. The van der Waals surface area contributed by atoms with Crippen LogP contribution in [0.2, 0.25) is 0 Å². The van der Waals surface area contributed by atoms with Crippen molar-refractivity contribution in [2.24, 2.45) is 0 Å². The number of nitrogens with zero attached hydrogens (tertiary/aromatic N) is 2. The van der Waals surface area contributed by atoms with E-state index in [1.54, 1.807) is 18.2 Å². The Balaban J connectivity index is 1.71. The molecule has 7 nitrogen and oxygen atoms in total. The third-order valence-corrected chi connectivity index (χ3v) is 7.28. The number of methoxy groups -OCH3 is 1. The number of fused-ring (bicyclic) bond motifs is 1. The smallest absolute Gasteiger partial charge is 0.301 e. The molecule has 3 aromatic carbocycles. The lowest BCUT2D eigenvalue weighted by Crippen LogP contribution is -2.29. The van der Waals surface area contributed by atoms with E-state index in [2.05, 4.69) is 4.98 Å². The Morgan fingerprint density at radius 3 is 2.55 bits per heavy atom. The van der Waals surface area contributed by atoms with Gasteiger partial charge in [0.2, 0.25) is 0 Å². The summed E-state index contributed by atoms with van der Waals surface area (Å²) in [5.74, 6) is -1.64. The fraction of sp³-hybridized carbons (Fsp3) is 0.207. The zero-order chi connectivity index (χ0) is 27.0. The molecule has 1 aliphatic heterocycles. The van der Waals surface area contributed by atoms with Crippen LogP contribution >= 0.6 is 11.3 Å². The summed E-state index contributed by atoms with van der Waals surface area (Å²) >= 11 is 1.28. The van der Waals surface area contributed by atoms with Gasteiger partial charge in [0.05, 0.1) is 35.5 Å².